The van der Waals surface area contributed by atoms with E-state index >= 15 is 0 Å². The van der Waals surface area contributed by atoms with Gasteiger partial charge < -0.3 is 19.9 Å². The first-order valence-corrected chi connectivity index (χ1v) is 7.59. The van der Waals surface area contributed by atoms with Crippen molar-refractivity contribution >= 4 is 35.8 Å². The van der Waals surface area contributed by atoms with Crippen LogP contribution < -0.4 is 5.32 Å². The molecule has 1 spiro atoms. The lowest BCUT2D eigenvalue weighted by molar-refractivity contribution is -0.157. The Kier molecular flexibility index (Phi) is 7.57. The van der Waals surface area contributed by atoms with Crippen molar-refractivity contribution in [1.29, 1.82) is 0 Å². The van der Waals surface area contributed by atoms with Gasteiger partial charge in [-0.15, -0.1) is 24.0 Å². The summed E-state index contributed by atoms with van der Waals surface area (Å²) in [6, 6.07) is 0. The number of ether oxygens (including phenoxy) is 1. The second-order valence-corrected chi connectivity index (χ2v) is 6.24. The molecular weight excluding hydrogens is 440 g/mol. The minimum Gasteiger partial charge on any atom is -0.381 e. The van der Waals surface area contributed by atoms with Gasteiger partial charge in [0.2, 0.25) is 5.91 Å². The van der Waals surface area contributed by atoms with E-state index < -0.39 is 18.6 Å². The van der Waals surface area contributed by atoms with Crippen LogP contribution in [0.2, 0.25) is 0 Å². The van der Waals surface area contributed by atoms with Gasteiger partial charge in [0.05, 0.1) is 13.2 Å². The van der Waals surface area contributed by atoms with Crippen LogP contribution in [0, 0.1) is 5.41 Å². The molecule has 0 saturated carbocycles. The predicted molar refractivity (Wildman–Crippen MR) is 94.5 cm³/mol. The number of hydrogen-bond acceptors (Lipinski definition) is 3. The standard InChI is InChI=1S/C14H23F3N4O2.HI/c1-18-12(19-7-11(22)20(2)9-14(15,16)17)21-5-3-13(8-21)4-6-23-10-13;/h3-10H2,1-2H3,(H,18,19);1H. The topological polar surface area (TPSA) is 57.2 Å². The van der Waals surface area contributed by atoms with Gasteiger partial charge in [-0.25, -0.2) is 0 Å². The number of carbonyl (C=O) groups excluding carboxylic acids is 1. The van der Waals surface area contributed by atoms with Gasteiger partial charge in [0.25, 0.3) is 0 Å². The molecule has 140 valence electrons. The maximum absolute atomic E-state index is 12.3. The number of nitrogens with zero attached hydrogens (tertiary/aromatic N) is 3. The number of nitrogens with one attached hydrogen (secondary N) is 1. The largest absolute Gasteiger partial charge is 0.406 e. The summed E-state index contributed by atoms with van der Waals surface area (Å²) in [5.74, 6) is -0.0795. The lowest BCUT2D eigenvalue weighted by Crippen LogP contribution is -2.47. The molecule has 2 aliphatic heterocycles. The zero-order valence-corrected chi connectivity index (χ0v) is 16.2. The van der Waals surface area contributed by atoms with Crippen molar-refractivity contribution in [3.63, 3.8) is 0 Å². The van der Waals surface area contributed by atoms with E-state index in [1.165, 1.54) is 0 Å². The Morgan fingerprint density at radius 3 is 2.67 bits per heavy atom. The number of guanidine groups is 1. The molecule has 2 heterocycles. The van der Waals surface area contributed by atoms with E-state index in [2.05, 4.69) is 10.3 Å². The van der Waals surface area contributed by atoms with Crippen molar-refractivity contribution < 1.29 is 22.7 Å². The average Bonchev–Trinajstić information content (AvgIpc) is 3.08. The van der Waals surface area contributed by atoms with Crippen molar-refractivity contribution in [3.05, 3.63) is 0 Å². The molecule has 0 aliphatic carbocycles. The molecule has 6 nitrogen and oxygen atoms in total. The van der Waals surface area contributed by atoms with Gasteiger partial charge in [-0.05, 0) is 12.8 Å². The molecule has 0 bridgehead atoms. The monoisotopic (exact) mass is 464 g/mol. The van der Waals surface area contributed by atoms with Crippen LogP contribution in [0.25, 0.3) is 0 Å². The molecule has 2 saturated heterocycles. The number of likely N-dealkylation sites (N-methyl/N-ethyl adjacent to an activating group) is 1. The summed E-state index contributed by atoms with van der Waals surface area (Å²) in [6.45, 7) is 1.62. The Labute approximate surface area is 156 Å². The molecule has 0 radical (unpaired) electrons. The van der Waals surface area contributed by atoms with E-state index in [-0.39, 0.29) is 35.9 Å². The first-order valence-electron chi connectivity index (χ1n) is 7.59. The second kappa shape index (κ2) is 8.54. The molecule has 1 N–H and O–H groups in total. The SMILES string of the molecule is CN=C(NCC(=O)N(C)CC(F)(F)F)N1CCC2(CCOC2)C1.I. The van der Waals surface area contributed by atoms with Crippen LogP contribution in [-0.4, -0.2) is 81.3 Å². The summed E-state index contributed by atoms with van der Waals surface area (Å²) in [4.78, 5) is 18.6. The van der Waals surface area contributed by atoms with Crippen molar-refractivity contribution in [2.24, 2.45) is 10.4 Å². The zero-order chi connectivity index (χ0) is 17.1. The maximum Gasteiger partial charge on any atom is 0.406 e. The minimum absolute atomic E-state index is 0. The Morgan fingerprint density at radius 2 is 2.12 bits per heavy atom. The summed E-state index contributed by atoms with van der Waals surface area (Å²) in [7, 11) is 2.74. The Hall–Kier alpha value is -0.780. The van der Waals surface area contributed by atoms with E-state index in [0.717, 1.165) is 46.2 Å². The lowest BCUT2D eigenvalue weighted by atomic mass is 9.87. The summed E-state index contributed by atoms with van der Waals surface area (Å²) in [6.07, 6.45) is -2.39. The van der Waals surface area contributed by atoms with Crippen molar-refractivity contribution in [1.82, 2.24) is 15.1 Å². The van der Waals surface area contributed by atoms with Crippen LogP contribution in [0.4, 0.5) is 13.2 Å². The van der Waals surface area contributed by atoms with Crippen LogP contribution in [0.15, 0.2) is 4.99 Å². The number of rotatable bonds is 3. The van der Waals surface area contributed by atoms with Gasteiger partial charge in [-0.2, -0.15) is 13.2 Å². The highest BCUT2D eigenvalue weighted by atomic mass is 127. The highest BCUT2D eigenvalue weighted by molar-refractivity contribution is 14.0. The third-order valence-corrected chi connectivity index (χ3v) is 4.37. The highest BCUT2D eigenvalue weighted by Crippen LogP contribution is 2.38. The summed E-state index contributed by atoms with van der Waals surface area (Å²) in [5, 5.41) is 2.86. The molecule has 1 atom stereocenters. The summed E-state index contributed by atoms with van der Waals surface area (Å²) < 4.78 is 42.3. The van der Waals surface area contributed by atoms with Gasteiger partial charge in [0, 0.05) is 39.2 Å². The Morgan fingerprint density at radius 1 is 1.42 bits per heavy atom. The molecule has 1 unspecified atom stereocenters. The van der Waals surface area contributed by atoms with Crippen LogP contribution in [0.5, 0.6) is 0 Å². The number of likely N-dealkylation sites (tertiary alicyclic amines) is 1. The average molecular weight is 464 g/mol. The minimum atomic E-state index is -4.39. The molecule has 2 aliphatic rings. The number of hydrogen-bond donors (Lipinski definition) is 1. The van der Waals surface area contributed by atoms with E-state index in [4.69, 9.17) is 4.74 Å². The van der Waals surface area contributed by atoms with Crippen molar-refractivity contribution in [3.8, 4) is 0 Å². The van der Waals surface area contributed by atoms with E-state index in [1.54, 1.807) is 7.05 Å². The van der Waals surface area contributed by atoms with Crippen molar-refractivity contribution in [2.45, 2.75) is 19.0 Å². The normalized spacial score (nSPS) is 24.2. The highest BCUT2D eigenvalue weighted by Gasteiger charge is 2.42. The molecule has 0 aromatic heterocycles. The lowest BCUT2D eigenvalue weighted by Gasteiger charge is -2.25. The van der Waals surface area contributed by atoms with Crippen molar-refractivity contribution in [2.75, 3.05) is 53.5 Å². The van der Waals surface area contributed by atoms with Crippen LogP contribution >= 0.6 is 24.0 Å². The van der Waals surface area contributed by atoms with Gasteiger partial charge in [-0.3, -0.25) is 9.79 Å². The molecular formula is C14H24F3IN4O2. The maximum atomic E-state index is 12.3. The quantitative estimate of drug-likeness (QED) is 0.389. The molecule has 2 rings (SSSR count). The summed E-state index contributed by atoms with van der Waals surface area (Å²) >= 11 is 0. The van der Waals surface area contributed by atoms with Gasteiger partial charge >= 0.3 is 6.18 Å². The number of alkyl halides is 3. The first kappa shape index (κ1) is 21.3. The first-order chi connectivity index (χ1) is 10.7. The Bertz CT molecular complexity index is 467. The van der Waals surface area contributed by atoms with Crippen LogP contribution in [0.1, 0.15) is 12.8 Å². The van der Waals surface area contributed by atoms with Crippen LogP contribution in [-0.2, 0) is 9.53 Å². The van der Waals surface area contributed by atoms with E-state index in [1.807, 2.05) is 4.90 Å². The molecule has 24 heavy (non-hydrogen) atoms. The molecule has 0 aromatic carbocycles. The third-order valence-electron chi connectivity index (χ3n) is 4.37. The van der Waals surface area contributed by atoms with E-state index in [0.29, 0.717) is 10.9 Å². The van der Waals surface area contributed by atoms with Crippen LogP contribution in [0.3, 0.4) is 0 Å². The predicted octanol–water partition coefficient (Wildman–Crippen LogP) is 1.31. The molecule has 1 amide bonds. The fraction of sp³-hybridized carbons (Fsp3) is 0.857. The second-order valence-electron chi connectivity index (χ2n) is 6.24. The summed E-state index contributed by atoms with van der Waals surface area (Å²) in [5.41, 5.74) is 0.148. The smallest absolute Gasteiger partial charge is 0.381 e. The Balaban J connectivity index is 0.00000288. The zero-order valence-electron chi connectivity index (χ0n) is 13.9. The third kappa shape index (κ3) is 5.64. The number of aliphatic imine (C=N–C) groups is 1. The molecule has 2 fully saturated rings. The fourth-order valence-electron chi connectivity index (χ4n) is 3.07. The van der Waals surface area contributed by atoms with Gasteiger partial charge in [0.15, 0.2) is 5.96 Å². The number of halogens is 4. The van der Waals surface area contributed by atoms with Gasteiger partial charge in [0.1, 0.15) is 6.54 Å². The van der Waals surface area contributed by atoms with Gasteiger partial charge in [-0.1, -0.05) is 0 Å². The number of amides is 1. The molecule has 10 heteroatoms. The number of carbonyl (C=O) groups is 1. The fourth-order valence-corrected chi connectivity index (χ4v) is 3.07. The van der Waals surface area contributed by atoms with E-state index in [9.17, 15) is 18.0 Å². The molecule has 0 aromatic rings.